The highest BCUT2D eigenvalue weighted by atomic mass is 16.4. The van der Waals surface area contributed by atoms with Gasteiger partial charge in [0.2, 0.25) is 0 Å². The van der Waals surface area contributed by atoms with E-state index in [1.807, 2.05) is 41.9 Å². The first kappa shape index (κ1) is 24.7. The van der Waals surface area contributed by atoms with Gasteiger partial charge in [0.15, 0.2) is 5.78 Å². The number of anilines is 1. The normalized spacial score (nSPS) is 16.9. The van der Waals surface area contributed by atoms with E-state index >= 15 is 0 Å². The van der Waals surface area contributed by atoms with Gasteiger partial charge in [-0.25, -0.2) is 9.48 Å². The van der Waals surface area contributed by atoms with Gasteiger partial charge in [-0.3, -0.25) is 4.79 Å². The lowest BCUT2D eigenvalue weighted by molar-refractivity contribution is 0.0696. The summed E-state index contributed by atoms with van der Waals surface area (Å²) in [5.74, 6) is -0.0956. The van der Waals surface area contributed by atoms with Crippen LogP contribution in [0.5, 0.6) is 0 Å². The third-order valence-corrected chi connectivity index (χ3v) is 7.73. The monoisotopic (exact) mass is 473 g/mol. The van der Waals surface area contributed by atoms with E-state index < -0.39 is 5.97 Å². The maximum Gasteiger partial charge on any atom is 0.335 e. The van der Waals surface area contributed by atoms with Crippen molar-refractivity contribution in [2.45, 2.75) is 77.3 Å². The van der Waals surface area contributed by atoms with E-state index in [0.29, 0.717) is 12.0 Å². The molecule has 6 heteroatoms. The summed E-state index contributed by atoms with van der Waals surface area (Å²) in [5, 5.41) is 17.7. The number of Topliss-reactive ketones (excluding diaryl/α,β-unsaturated/α-hetero) is 1. The van der Waals surface area contributed by atoms with Crippen LogP contribution in [0.15, 0.2) is 54.6 Å². The first-order valence-electron chi connectivity index (χ1n) is 12.4. The van der Waals surface area contributed by atoms with Crippen LogP contribution < -0.4 is 5.32 Å². The summed E-state index contributed by atoms with van der Waals surface area (Å²) < 4.78 is 1.98. The summed E-state index contributed by atoms with van der Waals surface area (Å²) in [4.78, 5) is 25.3. The van der Waals surface area contributed by atoms with Gasteiger partial charge in [-0.2, -0.15) is 5.10 Å². The average molecular weight is 474 g/mol. The lowest BCUT2D eigenvalue weighted by Crippen LogP contribution is -2.38. The third kappa shape index (κ3) is 4.49. The van der Waals surface area contributed by atoms with Crippen molar-refractivity contribution in [1.82, 2.24) is 9.78 Å². The van der Waals surface area contributed by atoms with Crippen molar-refractivity contribution in [3.63, 3.8) is 0 Å². The summed E-state index contributed by atoms with van der Waals surface area (Å²) in [6.07, 6.45) is 2.75. The Morgan fingerprint density at radius 2 is 1.71 bits per heavy atom. The summed E-state index contributed by atoms with van der Waals surface area (Å²) in [6, 6.07) is 17.4. The predicted molar refractivity (Wildman–Crippen MR) is 138 cm³/mol. The highest BCUT2D eigenvalue weighted by Gasteiger charge is 2.40. The van der Waals surface area contributed by atoms with Crippen molar-refractivity contribution in [3.05, 3.63) is 82.5 Å². The Kier molecular flexibility index (Phi) is 6.58. The maximum atomic E-state index is 13.9. The smallest absolute Gasteiger partial charge is 0.335 e. The molecule has 0 amide bonds. The minimum Gasteiger partial charge on any atom is -0.478 e. The van der Waals surface area contributed by atoms with E-state index in [9.17, 15) is 14.7 Å². The second-order valence-corrected chi connectivity index (χ2v) is 10.3. The molecule has 0 radical (unpaired) electrons. The number of nitrogens with one attached hydrogen (secondary N) is 1. The van der Waals surface area contributed by atoms with Crippen LogP contribution in [0.4, 0.5) is 5.82 Å². The van der Waals surface area contributed by atoms with Gasteiger partial charge in [0, 0.05) is 11.8 Å². The molecule has 0 aliphatic carbocycles. The topological polar surface area (TPSA) is 84.2 Å². The van der Waals surface area contributed by atoms with Gasteiger partial charge >= 0.3 is 5.97 Å². The number of aromatic nitrogens is 2. The molecule has 2 aromatic carbocycles. The van der Waals surface area contributed by atoms with E-state index in [2.05, 4.69) is 45.1 Å². The molecule has 0 unspecified atom stereocenters. The second kappa shape index (κ2) is 9.33. The number of aromatic carboxylic acids is 1. The quantitative estimate of drug-likeness (QED) is 0.364. The highest BCUT2D eigenvalue weighted by Crippen LogP contribution is 2.43. The predicted octanol–water partition coefficient (Wildman–Crippen LogP) is 6.51. The minimum absolute atomic E-state index is 0.0618. The fourth-order valence-corrected chi connectivity index (χ4v) is 5.49. The van der Waals surface area contributed by atoms with Crippen LogP contribution in [0, 0.1) is 6.92 Å². The maximum absolute atomic E-state index is 13.9. The molecule has 1 aliphatic heterocycles. The van der Waals surface area contributed by atoms with Crippen molar-refractivity contribution in [3.8, 4) is 0 Å². The minimum atomic E-state index is -0.949. The molecule has 1 aliphatic rings. The Bertz CT molecular complexity index is 1220. The molecule has 0 saturated heterocycles. The first-order chi connectivity index (χ1) is 16.6. The van der Waals surface area contributed by atoms with Crippen molar-refractivity contribution in [2.24, 2.45) is 0 Å². The Hall–Kier alpha value is -3.41. The summed E-state index contributed by atoms with van der Waals surface area (Å²) in [6.45, 7) is 10.4. The number of carboxylic acids is 1. The molecule has 1 aromatic heterocycles. The molecule has 1 atom stereocenters. The number of aryl methyl sites for hydroxylation is 1. The molecule has 184 valence electrons. The van der Waals surface area contributed by atoms with Crippen LogP contribution >= 0.6 is 0 Å². The van der Waals surface area contributed by atoms with Crippen LogP contribution in [0.1, 0.15) is 97.0 Å². The molecule has 0 fully saturated rings. The molecule has 0 bridgehead atoms. The van der Waals surface area contributed by atoms with E-state index in [-0.39, 0.29) is 28.3 Å². The van der Waals surface area contributed by atoms with Crippen molar-refractivity contribution in [1.29, 1.82) is 0 Å². The number of fused-ring (bicyclic) bond motifs is 1. The molecular weight excluding hydrogens is 438 g/mol. The number of carbonyl (C=O) groups excluding carboxylic acids is 1. The molecule has 4 rings (SSSR count). The molecule has 3 aromatic rings. The molecule has 2 N–H and O–H groups in total. The Morgan fingerprint density at radius 1 is 1.09 bits per heavy atom. The zero-order valence-electron chi connectivity index (χ0n) is 21.3. The number of carbonyl (C=O) groups is 2. The standard InChI is InChI=1S/C29H35N3O3/c1-6-29(7-2,22-15-13-21(14-16-22)27(34)35)18-24(33)25-19(3)31-32-26(25)30-23(17-28(32,4)5)20-11-9-8-10-12-20/h8-16,23,30H,6-7,17-18H2,1-5H3,(H,34,35)/t23-/m1/s1. The van der Waals surface area contributed by atoms with Gasteiger partial charge < -0.3 is 10.4 Å². The molecule has 2 heterocycles. The molecule has 0 spiro atoms. The van der Waals surface area contributed by atoms with Crippen molar-refractivity contribution < 1.29 is 14.7 Å². The van der Waals surface area contributed by atoms with E-state index in [1.165, 1.54) is 5.56 Å². The Morgan fingerprint density at radius 3 is 2.29 bits per heavy atom. The van der Waals surface area contributed by atoms with Gasteiger partial charge in [-0.15, -0.1) is 0 Å². The summed E-state index contributed by atoms with van der Waals surface area (Å²) in [7, 11) is 0. The lowest BCUT2D eigenvalue weighted by atomic mass is 9.71. The number of hydrogen-bond acceptors (Lipinski definition) is 4. The Labute approximate surface area is 207 Å². The number of hydrogen-bond donors (Lipinski definition) is 2. The van der Waals surface area contributed by atoms with E-state index in [0.717, 1.165) is 36.3 Å². The van der Waals surface area contributed by atoms with Crippen LogP contribution in [-0.2, 0) is 11.0 Å². The fraction of sp³-hybridized carbons (Fsp3) is 0.414. The fourth-order valence-electron chi connectivity index (χ4n) is 5.49. The third-order valence-electron chi connectivity index (χ3n) is 7.73. The van der Waals surface area contributed by atoms with Gasteiger partial charge in [0.05, 0.1) is 28.4 Å². The van der Waals surface area contributed by atoms with Crippen LogP contribution in [-0.4, -0.2) is 26.6 Å². The second-order valence-electron chi connectivity index (χ2n) is 10.3. The van der Waals surface area contributed by atoms with Gasteiger partial charge in [-0.05, 0) is 63.3 Å². The molecule has 0 saturated carbocycles. The number of carboxylic acid groups (broad SMARTS) is 1. The first-order valence-corrected chi connectivity index (χ1v) is 12.4. The lowest BCUT2D eigenvalue weighted by Gasteiger charge is -2.38. The highest BCUT2D eigenvalue weighted by molar-refractivity contribution is 6.02. The van der Waals surface area contributed by atoms with Crippen LogP contribution in [0.2, 0.25) is 0 Å². The zero-order valence-corrected chi connectivity index (χ0v) is 21.3. The number of benzene rings is 2. The molecular formula is C29H35N3O3. The number of rotatable bonds is 8. The van der Waals surface area contributed by atoms with Crippen molar-refractivity contribution in [2.75, 3.05) is 5.32 Å². The van der Waals surface area contributed by atoms with E-state index in [1.54, 1.807) is 12.1 Å². The summed E-state index contributed by atoms with van der Waals surface area (Å²) in [5.41, 5.74) is 3.21. The number of ketones is 1. The Balaban J connectivity index is 1.71. The number of nitrogens with zero attached hydrogens (tertiary/aromatic N) is 2. The average Bonchev–Trinajstić information content (AvgIpc) is 3.20. The van der Waals surface area contributed by atoms with Crippen molar-refractivity contribution >= 4 is 17.6 Å². The van der Waals surface area contributed by atoms with Gasteiger partial charge in [-0.1, -0.05) is 56.3 Å². The largest absolute Gasteiger partial charge is 0.478 e. The molecule has 35 heavy (non-hydrogen) atoms. The molecule has 6 nitrogen and oxygen atoms in total. The van der Waals surface area contributed by atoms with Gasteiger partial charge in [0.25, 0.3) is 0 Å². The zero-order chi connectivity index (χ0) is 25.4. The van der Waals surface area contributed by atoms with Crippen LogP contribution in [0.3, 0.4) is 0 Å². The summed E-state index contributed by atoms with van der Waals surface area (Å²) >= 11 is 0. The van der Waals surface area contributed by atoms with Gasteiger partial charge in [0.1, 0.15) is 5.82 Å². The van der Waals surface area contributed by atoms with E-state index in [4.69, 9.17) is 5.10 Å². The van der Waals surface area contributed by atoms with Crippen LogP contribution in [0.25, 0.3) is 0 Å². The SMILES string of the molecule is CCC(CC)(CC(=O)c1c(C)nn2c1N[C@@H](c1ccccc1)CC2(C)C)c1ccc(C(=O)O)cc1.